The Morgan fingerprint density at radius 1 is 1.07 bits per heavy atom. The molecule has 148 valence electrons. The summed E-state index contributed by atoms with van der Waals surface area (Å²) in [6.45, 7) is 1.39. The maximum Gasteiger partial charge on any atom is 0.272 e. The Labute approximate surface area is 170 Å². The molecule has 0 bridgehead atoms. The van der Waals surface area contributed by atoms with E-state index in [2.05, 4.69) is 9.97 Å². The van der Waals surface area contributed by atoms with Crippen LogP contribution in [0.4, 0.5) is 5.82 Å². The van der Waals surface area contributed by atoms with E-state index in [4.69, 9.17) is 10.5 Å². The molecule has 2 N–H and O–H groups in total. The van der Waals surface area contributed by atoms with Crippen LogP contribution in [0.1, 0.15) is 34.8 Å². The van der Waals surface area contributed by atoms with Crippen LogP contribution >= 0.6 is 0 Å². The van der Waals surface area contributed by atoms with E-state index in [1.807, 2.05) is 53.6 Å². The van der Waals surface area contributed by atoms with Crippen molar-refractivity contribution >= 4 is 11.7 Å². The van der Waals surface area contributed by atoms with Gasteiger partial charge in [0.25, 0.3) is 5.91 Å². The van der Waals surface area contributed by atoms with E-state index in [1.165, 1.54) is 5.56 Å². The summed E-state index contributed by atoms with van der Waals surface area (Å²) in [5.74, 6) is 1.52. The van der Waals surface area contributed by atoms with E-state index in [-0.39, 0.29) is 5.91 Å². The van der Waals surface area contributed by atoms with Crippen LogP contribution < -0.4 is 10.5 Å². The Morgan fingerprint density at radius 2 is 1.83 bits per heavy atom. The number of nitrogens with zero attached hydrogens (tertiary/aromatic N) is 3. The molecule has 29 heavy (non-hydrogen) atoms. The molecule has 3 aromatic rings. The van der Waals surface area contributed by atoms with E-state index >= 15 is 0 Å². The van der Waals surface area contributed by atoms with Gasteiger partial charge in [0.05, 0.1) is 7.11 Å². The Hall–Kier alpha value is -3.41. The predicted molar refractivity (Wildman–Crippen MR) is 113 cm³/mol. The lowest BCUT2D eigenvalue weighted by atomic mass is 9.90. The summed E-state index contributed by atoms with van der Waals surface area (Å²) in [6.07, 6.45) is 5.35. The number of hydrogen-bond acceptors (Lipinski definition) is 5. The number of anilines is 1. The fourth-order valence-electron chi connectivity index (χ4n) is 3.79. The highest BCUT2D eigenvalue weighted by molar-refractivity contribution is 5.93. The Bertz CT molecular complexity index is 982. The molecule has 0 spiro atoms. The fraction of sp³-hybridized carbons (Fsp3) is 0.261. The molecule has 4 rings (SSSR count). The van der Waals surface area contributed by atoms with Gasteiger partial charge in [-0.2, -0.15) is 0 Å². The molecule has 0 saturated carbocycles. The summed E-state index contributed by atoms with van der Waals surface area (Å²) in [5.41, 5.74) is 9.15. The average Bonchev–Trinajstić information content (AvgIpc) is 2.79. The number of methoxy groups -OCH3 is 1. The number of pyridine rings is 2. The second kappa shape index (κ2) is 8.31. The first-order chi connectivity index (χ1) is 14.2. The number of carbonyl (C=O) groups is 1. The molecule has 1 aliphatic heterocycles. The minimum absolute atomic E-state index is 0.0585. The van der Waals surface area contributed by atoms with Crippen LogP contribution in [0.15, 0.2) is 60.9 Å². The predicted octanol–water partition coefficient (Wildman–Crippen LogP) is 3.75. The number of aromatic nitrogens is 2. The topological polar surface area (TPSA) is 81.3 Å². The summed E-state index contributed by atoms with van der Waals surface area (Å²) in [6, 6.07) is 15.5. The summed E-state index contributed by atoms with van der Waals surface area (Å²) < 4.78 is 5.53. The van der Waals surface area contributed by atoms with Gasteiger partial charge in [-0.25, -0.2) is 4.98 Å². The first kappa shape index (κ1) is 18.9. The first-order valence-corrected chi connectivity index (χ1v) is 9.76. The quantitative estimate of drug-likeness (QED) is 0.736. The molecule has 2 aromatic heterocycles. The van der Waals surface area contributed by atoms with E-state index in [9.17, 15) is 4.79 Å². The van der Waals surface area contributed by atoms with Crippen LogP contribution in [0.3, 0.4) is 0 Å². The summed E-state index contributed by atoms with van der Waals surface area (Å²) in [5, 5.41) is 0. The van der Waals surface area contributed by atoms with E-state index < -0.39 is 0 Å². The lowest BCUT2D eigenvalue weighted by molar-refractivity contribution is 0.0706. The van der Waals surface area contributed by atoms with Crippen LogP contribution in [-0.2, 0) is 0 Å². The molecule has 1 saturated heterocycles. The molecule has 6 heteroatoms. The summed E-state index contributed by atoms with van der Waals surface area (Å²) in [7, 11) is 1.61. The van der Waals surface area contributed by atoms with E-state index in [0.29, 0.717) is 36.3 Å². The number of likely N-dealkylation sites (tertiary alicyclic amines) is 1. The number of nitrogens with two attached hydrogens (primary N) is 1. The van der Waals surface area contributed by atoms with Gasteiger partial charge in [0.2, 0.25) is 0 Å². The second-order valence-corrected chi connectivity index (χ2v) is 7.22. The number of amides is 1. The van der Waals surface area contributed by atoms with Gasteiger partial charge in [0.1, 0.15) is 17.3 Å². The highest BCUT2D eigenvalue weighted by Gasteiger charge is 2.26. The van der Waals surface area contributed by atoms with Gasteiger partial charge in [0, 0.05) is 37.1 Å². The molecule has 3 heterocycles. The molecule has 6 nitrogen and oxygen atoms in total. The van der Waals surface area contributed by atoms with E-state index in [1.54, 1.807) is 19.4 Å². The Balaban J connectivity index is 1.47. The van der Waals surface area contributed by atoms with Crippen molar-refractivity contribution in [1.82, 2.24) is 14.9 Å². The number of rotatable bonds is 4. The van der Waals surface area contributed by atoms with E-state index in [0.717, 1.165) is 24.0 Å². The third-order valence-electron chi connectivity index (χ3n) is 5.45. The number of piperidine rings is 1. The van der Waals surface area contributed by atoms with Gasteiger partial charge in [0.15, 0.2) is 0 Å². The molecule has 0 radical (unpaired) electrons. The molecule has 0 atom stereocenters. The van der Waals surface area contributed by atoms with Crippen molar-refractivity contribution in [3.05, 3.63) is 72.2 Å². The molecule has 0 unspecified atom stereocenters. The number of ether oxygens (including phenoxy) is 1. The van der Waals surface area contributed by atoms with Gasteiger partial charge >= 0.3 is 0 Å². The van der Waals surface area contributed by atoms with Gasteiger partial charge < -0.3 is 15.4 Å². The highest BCUT2D eigenvalue weighted by atomic mass is 16.5. The van der Waals surface area contributed by atoms with Gasteiger partial charge in [-0.1, -0.05) is 36.4 Å². The van der Waals surface area contributed by atoms with Crippen molar-refractivity contribution in [1.29, 1.82) is 0 Å². The lowest BCUT2D eigenvalue weighted by Crippen LogP contribution is -2.38. The highest BCUT2D eigenvalue weighted by Crippen LogP contribution is 2.31. The summed E-state index contributed by atoms with van der Waals surface area (Å²) >= 11 is 0. The van der Waals surface area contributed by atoms with Crippen LogP contribution in [0.2, 0.25) is 0 Å². The zero-order valence-electron chi connectivity index (χ0n) is 16.4. The monoisotopic (exact) mass is 388 g/mol. The molecule has 0 aliphatic carbocycles. The fourth-order valence-corrected chi connectivity index (χ4v) is 3.79. The third-order valence-corrected chi connectivity index (χ3v) is 5.45. The van der Waals surface area contributed by atoms with Crippen molar-refractivity contribution in [2.45, 2.75) is 18.8 Å². The molecule has 1 aromatic carbocycles. The number of benzene rings is 1. The minimum Gasteiger partial charge on any atom is -0.496 e. The normalized spacial score (nSPS) is 14.6. The van der Waals surface area contributed by atoms with Crippen LogP contribution in [0.25, 0.3) is 11.1 Å². The largest absolute Gasteiger partial charge is 0.496 e. The third kappa shape index (κ3) is 4.06. The first-order valence-electron chi connectivity index (χ1n) is 9.76. The van der Waals surface area contributed by atoms with Gasteiger partial charge in [-0.15, -0.1) is 0 Å². The molecule has 1 aliphatic rings. The van der Waals surface area contributed by atoms with Crippen molar-refractivity contribution < 1.29 is 9.53 Å². The van der Waals surface area contributed by atoms with Crippen molar-refractivity contribution in [3.63, 3.8) is 0 Å². The molecule has 1 amide bonds. The Kier molecular flexibility index (Phi) is 5.42. The standard InChI is InChI=1S/C23H24N4O2/c1-29-21-13-20(25-15-19(21)17-5-3-2-4-6-17)23(28)27-11-9-16(10-12-27)18-7-8-22(24)26-14-18/h2-8,13-16H,9-12H2,1H3,(H2,24,26). The van der Waals surface area contributed by atoms with Gasteiger partial charge in [-0.05, 0) is 36.0 Å². The maximum atomic E-state index is 13.0. The molecule has 1 fully saturated rings. The second-order valence-electron chi connectivity index (χ2n) is 7.22. The van der Waals surface area contributed by atoms with Crippen LogP contribution in [-0.4, -0.2) is 41.0 Å². The molecular weight excluding hydrogens is 364 g/mol. The zero-order chi connectivity index (χ0) is 20.2. The van der Waals surface area contributed by atoms with Crippen molar-refractivity contribution in [2.24, 2.45) is 0 Å². The lowest BCUT2D eigenvalue weighted by Gasteiger charge is -2.32. The number of hydrogen-bond donors (Lipinski definition) is 1. The summed E-state index contributed by atoms with van der Waals surface area (Å²) in [4.78, 5) is 23.5. The smallest absolute Gasteiger partial charge is 0.272 e. The van der Waals surface area contributed by atoms with Crippen LogP contribution in [0.5, 0.6) is 5.75 Å². The molecular formula is C23H24N4O2. The minimum atomic E-state index is -0.0585. The number of carbonyl (C=O) groups excluding carboxylic acids is 1. The van der Waals surface area contributed by atoms with Crippen molar-refractivity contribution in [3.8, 4) is 16.9 Å². The van der Waals surface area contributed by atoms with Gasteiger partial charge in [-0.3, -0.25) is 9.78 Å². The Morgan fingerprint density at radius 3 is 2.48 bits per heavy atom. The SMILES string of the molecule is COc1cc(C(=O)N2CCC(c3ccc(N)nc3)CC2)ncc1-c1ccccc1. The van der Waals surface area contributed by atoms with Crippen molar-refractivity contribution in [2.75, 3.05) is 25.9 Å². The average molecular weight is 388 g/mol. The van der Waals surface area contributed by atoms with Crippen LogP contribution in [0, 0.1) is 0 Å². The number of nitrogen functional groups attached to an aromatic ring is 1. The zero-order valence-corrected chi connectivity index (χ0v) is 16.4. The maximum absolute atomic E-state index is 13.0.